The summed E-state index contributed by atoms with van der Waals surface area (Å²) in [6.45, 7) is 7.26. The molecule has 6 nitrogen and oxygen atoms in total. The number of fused-ring (bicyclic) bond motifs is 1. The van der Waals surface area contributed by atoms with Crippen LogP contribution >= 0.6 is 0 Å². The van der Waals surface area contributed by atoms with Gasteiger partial charge in [0.1, 0.15) is 0 Å². The number of carbonyl (C=O) groups excluding carboxylic acids is 2. The van der Waals surface area contributed by atoms with E-state index in [4.69, 9.17) is 0 Å². The van der Waals surface area contributed by atoms with Crippen molar-refractivity contribution in [2.24, 2.45) is 0 Å². The van der Waals surface area contributed by atoms with Crippen LogP contribution in [0.2, 0.25) is 0 Å². The van der Waals surface area contributed by atoms with E-state index < -0.39 is 0 Å². The first-order valence-corrected chi connectivity index (χ1v) is 7.96. The number of carbonyl (C=O) groups is 2. The average molecular weight is 314 g/mol. The van der Waals surface area contributed by atoms with E-state index in [1.807, 2.05) is 39.0 Å². The molecule has 1 aliphatic rings. The Kier molecular flexibility index (Phi) is 3.83. The number of amides is 2. The van der Waals surface area contributed by atoms with Crippen molar-refractivity contribution in [3.63, 3.8) is 0 Å². The molecular weight excluding hydrogens is 292 g/mol. The number of likely N-dealkylation sites (tertiary alicyclic amines) is 1. The molecule has 122 valence electrons. The number of hydrogen-bond donors (Lipinski definition) is 1. The van der Waals surface area contributed by atoms with Crippen LogP contribution < -0.4 is 5.32 Å². The first-order chi connectivity index (χ1) is 10.9. The number of imidazole rings is 1. The van der Waals surface area contributed by atoms with Gasteiger partial charge in [-0.2, -0.15) is 0 Å². The molecule has 6 heteroatoms. The van der Waals surface area contributed by atoms with Gasteiger partial charge in [-0.3, -0.25) is 14.0 Å². The molecule has 2 aromatic rings. The molecule has 0 saturated carbocycles. The molecule has 2 aromatic heterocycles. The van der Waals surface area contributed by atoms with E-state index in [1.165, 1.54) is 0 Å². The van der Waals surface area contributed by atoms with Gasteiger partial charge in [-0.25, -0.2) is 4.98 Å². The maximum absolute atomic E-state index is 12.7. The van der Waals surface area contributed by atoms with Crippen molar-refractivity contribution >= 4 is 17.3 Å². The molecule has 3 rings (SSSR count). The molecule has 1 aliphatic heterocycles. The number of pyridine rings is 1. The fourth-order valence-corrected chi connectivity index (χ4v) is 2.82. The van der Waals surface area contributed by atoms with Crippen molar-refractivity contribution in [2.75, 3.05) is 13.1 Å². The lowest BCUT2D eigenvalue weighted by molar-refractivity contribution is 0.0780. The smallest absolute Gasteiger partial charge is 0.290 e. The average Bonchev–Trinajstić information content (AvgIpc) is 3.13. The van der Waals surface area contributed by atoms with Crippen LogP contribution in [0.15, 0.2) is 24.4 Å². The van der Waals surface area contributed by atoms with Gasteiger partial charge in [0.25, 0.3) is 11.8 Å². The summed E-state index contributed by atoms with van der Waals surface area (Å²) in [6, 6.07) is 5.49. The number of rotatable bonds is 2. The Bertz CT molecular complexity index is 752. The van der Waals surface area contributed by atoms with E-state index in [0.29, 0.717) is 17.0 Å². The molecule has 0 atom stereocenters. The van der Waals surface area contributed by atoms with Gasteiger partial charge < -0.3 is 10.2 Å². The van der Waals surface area contributed by atoms with E-state index in [1.54, 1.807) is 15.5 Å². The second kappa shape index (κ2) is 5.68. The van der Waals surface area contributed by atoms with Gasteiger partial charge in [0, 0.05) is 24.8 Å². The maximum Gasteiger partial charge on any atom is 0.290 e. The third kappa shape index (κ3) is 3.06. The van der Waals surface area contributed by atoms with Crippen molar-refractivity contribution in [2.45, 2.75) is 39.2 Å². The molecule has 0 aliphatic carbocycles. The van der Waals surface area contributed by atoms with Crippen LogP contribution in [0, 0.1) is 0 Å². The molecule has 0 radical (unpaired) electrons. The first-order valence-electron chi connectivity index (χ1n) is 7.96. The molecule has 23 heavy (non-hydrogen) atoms. The van der Waals surface area contributed by atoms with Crippen molar-refractivity contribution in [3.05, 3.63) is 35.9 Å². The van der Waals surface area contributed by atoms with Gasteiger partial charge >= 0.3 is 0 Å². The summed E-state index contributed by atoms with van der Waals surface area (Å²) in [7, 11) is 0. The highest BCUT2D eigenvalue weighted by molar-refractivity contribution is 6.02. The topological polar surface area (TPSA) is 66.7 Å². The largest absolute Gasteiger partial charge is 0.346 e. The lowest BCUT2D eigenvalue weighted by atomic mass is 10.1. The summed E-state index contributed by atoms with van der Waals surface area (Å²) < 4.78 is 1.71. The minimum absolute atomic E-state index is 0.112. The van der Waals surface area contributed by atoms with E-state index in [9.17, 15) is 9.59 Å². The molecule has 2 amide bonds. The third-order valence-electron chi connectivity index (χ3n) is 3.84. The Hall–Kier alpha value is -2.37. The zero-order valence-electron chi connectivity index (χ0n) is 13.8. The Labute approximate surface area is 135 Å². The summed E-state index contributed by atoms with van der Waals surface area (Å²) in [5.41, 5.74) is 0.584. The molecule has 0 bridgehead atoms. The molecule has 1 saturated heterocycles. The second-order valence-corrected chi connectivity index (χ2v) is 6.94. The Balaban J connectivity index is 2.03. The molecule has 1 fully saturated rings. The predicted octanol–water partition coefficient (Wildman–Crippen LogP) is 2.10. The number of nitrogens with zero attached hydrogens (tertiary/aromatic N) is 3. The van der Waals surface area contributed by atoms with Gasteiger partial charge in [0.05, 0.1) is 5.52 Å². The number of nitrogens with one attached hydrogen (secondary N) is 1. The minimum Gasteiger partial charge on any atom is -0.346 e. The minimum atomic E-state index is -0.360. The molecule has 0 aromatic carbocycles. The van der Waals surface area contributed by atoms with Gasteiger partial charge in [0.2, 0.25) is 5.82 Å². The van der Waals surface area contributed by atoms with Crippen LogP contribution in [0.1, 0.15) is 54.7 Å². The van der Waals surface area contributed by atoms with E-state index in [-0.39, 0.29) is 17.4 Å². The second-order valence-electron chi connectivity index (χ2n) is 6.94. The summed E-state index contributed by atoms with van der Waals surface area (Å²) in [5.74, 6) is -0.0678. The van der Waals surface area contributed by atoms with Crippen LogP contribution in [0.3, 0.4) is 0 Å². The van der Waals surface area contributed by atoms with Crippen LogP contribution in [0.25, 0.3) is 5.52 Å². The first kappa shape index (κ1) is 15.5. The van der Waals surface area contributed by atoms with Gasteiger partial charge in [-0.15, -0.1) is 0 Å². The van der Waals surface area contributed by atoms with Gasteiger partial charge in [-0.05, 0) is 45.7 Å². The van der Waals surface area contributed by atoms with Gasteiger partial charge in [-0.1, -0.05) is 6.07 Å². The number of aromatic nitrogens is 2. The van der Waals surface area contributed by atoms with Crippen LogP contribution in [0.5, 0.6) is 0 Å². The van der Waals surface area contributed by atoms with Crippen molar-refractivity contribution in [1.82, 2.24) is 19.6 Å². The monoisotopic (exact) mass is 314 g/mol. The zero-order chi connectivity index (χ0) is 16.6. The summed E-state index contributed by atoms with van der Waals surface area (Å²) in [6.07, 6.45) is 3.82. The fourth-order valence-electron chi connectivity index (χ4n) is 2.82. The summed E-state index contributed by atoms with van der Waals surface area (Å²) in [5, 5.41) is 2.91. The van der Waals surface area contributed by atoms with Crippen molar-refractivity contribution in [3.8, 4) is 0 Å². The Morgan fingerprint density at radius 3 is 2.52 bits per heavy atom. The van der Waals surface area contributed by atoms with E-state index in [0.717, 1.165) is 25.9 Å². The predicted molar refractivity (Wildman–Crippen MR) is 87.5 cm³/mol. The van der Waals surface area contributed by atoms with Gasteiger partial charge in [0.15, 0.2) is 5.69 Å². The number of hydrogen-bond acceptors (Lipinski definition) is 3. The Morgan fingerprint density at radius 1 is 1.17 bits per heavy atom. The Morgan fingerprint density at radius 2 is 1.87 bits per heavy atom. The normalized spacial score (nSPS) is 15.2. The molecule has 0 spiro atoms. The van der Waals surface area contributed by atoms with E-state index >= 15 is 0 Å². The van der Waals surface area contributed by atoms with E-state index in [2.05, 4.69) is 10.3 Å². The molecular formula is C17H22N4O2. The zero-order valence-corrected chi connectivity index (χ0v) is 13.8. The van der Waals surface area contributed by atoms with Crippen LogP contribution in [-0.2, 0) is 0 Å². The highest BCUT2D eigenvalue weighted by Crippen LogP contribution is 2.18. The lowest BCUT2D eigenvalue weighted by Gasteiger charge is -2.19. The fraction of sp³-hybridized carbons (Fsp3) is 0.471. The quantitative estimate of drug-likeness (QED) is 0.923. The highest BCUT2D eigenvalue weighted by Gasteiger charge is 2.27. The molecule has 1 N–H and O–H groups in total. The van der Waals surface area contributed by atoms with Crippen molar-refractivity contribution < 1.29 is 9.59 Å². The van der Waals surface area contributed by atoms with Crippen LogP contribution in [-0.4, -0.2) is 44.7 Å². The lowest BCUT2D eigenvalue weighted by Crippen LogP contribution is -2.40. The third-order valence-corrected chi connectivity index (χ3v) is 3.84. The standard InChI is InChI=1S/C17H22N4O2/c1-17(2,3)19-15(22)13-12-8-4-5-11-21(12)14(18-13)16(23)20-9-6-7-10-20/h4-5,8,11H,6-7,9-10H2,1-3H3,(H,19,22). The highest BCUT2D eigenvalue weighted by atomic mass is 16.2. The summed E-state index contributed by atoms with van der Waals surface area (Å²) >= 11 is 0. The van der Waals surface area contributed by atoms with Crippen molar-refractivity contribution in [1.29, 1.82) is 0 Å². The summed E-state index contributed by atoms with van der Waals surface area (Å²) in [4.78, 5) is 31.4. The molecule has 3 heterocycles. The SMILES string of the molecule is CC(C)(C)NC(=O)c1nc(C(=O)N2CCCC2)n2ccccc12. The van der Waals surface area contributed by atoms with Crippen LogP contribution in [0.4, 0.5) is 0 Å². The maximum atomic E-state index is 12.7. The molecule has 0 unspecified atom stereocenters.